The minimum absolute atomic E-state index is 0.293. The Kier molecular flexibility index (Phi) is 2.32. The Morgan fingerprint density at radius 2 is 2.10 bits per heavy atom. The maximum Gasteiger partial charge on any atom is 0.117 e. The van der Waals surface area contributed by atoms with Crippen molar-refractivity contribution in [1.29, 1.82) is 0 Å². The molecule has 1 aromatic carbocycles. The molecule has 0 aliphatic carbocycles. The lowest BCUT2D eigenvalue weighted by Crippen LogP contribution is -1.74. The summed E-state index contributed by atoms with van der Waals surface area (Å²) in [6, 6.07) is 5.33. The third kappa shape index (κ3) is 1.73. The van der Waals surface area contributed by atoms with E-state index in [2.05, 4.69) is 29.2 Å². The molecule has 52 valence electrons. The first-order valence-electron chi connectivity index (χ1n) is 2.84. The fourth-order valence-electron chi connectivity index (χ4n) is 0.714. The van der Waals surface area contributed by atoms with E-state index in [1.807, 2.05) is 6.07 Å². The molecular formula is C8H7IO. The van der Waals surface area contributed by atoms with Gasteiger partial charge in [-0.1, -0.05) is 12.7 Å². The molecule has 0 fully saturated rings. The molecule has 0 amide bonds. The zero-order chi connectivity index (χ0) is 7.56. The number of phenolic OH excluding ortho intramolecular Hbond substituents is 1. The number of aromatic hydroxyl groups is 1. The Hall–Kier alpha value is -0.510. The van der Waals surface area contributed by atoms with Gasteiger partial charge in [0, 0.05) is 3.57 Å². The largest absolute Gasteiger partial charge is 0.508 e. The van der Waals surface area contributed by atoms with E-state index in [9.17, 15) is 0 Å². The highest BCUT2D eigenvalue weighted by molar-refractivity contribution is 14.1. The van der Waals surface area contributed by atoms with Crippen molar-refractivity contribution >= 4 is 28.7 Å². The van der Waals surface area contributed by atoms with Crippen molar-refractivity contribution in [1.82, 2.24) is 0 Å². The van der Waals surface area contributed by atoms with Gasteiger partial charge in [0.2, 0.25) is 0 Å². The van der Waals surface area contributed by atoms with Crippen LogP contribution in [0.1, 0.15) is 5.56 Å². The second kappa shape index (κ2) is 3.05. The summed E-state index contributed by atoms with van der Waals surface area (Å²) in [5, 5.41) is 9.07. The van der Waals surface area contributed by atoms with Crippen molar-refractivity contribution in [2.45, 2.75) is 0 Å². The molecule has 0 saturated carbocycles. The summed E-state index contributed by atoms with van der Waals surface area (Å²) in [5.41, 5.74) is 0.949. The Balaban J connectivity index is 3.18. The number of hydrogen-bond donors (Lipinski definition) is 1. The zero-order valence-electron chi connectivity index (χ0n) is 5.34. The van der Waals surface area contributed by atoms with Gasteiger partial charge < -0.3 is 5.11 Å². The fraction of sp³-hybridized carbons (Fsp3) is 0. The van der Waals surface area contributed by atoms with E-state index in [4.69, 9.17) is 5.11 Å². The van der Waals surface area contributed by atoms with E-state index in [1.54, 1.807) is 18.2 Å². The van der Waals surface area contributed by atoms with Crippen LogP contribution < -0.4 is 0 Å². The van der Waals surface area contributed by atoms with Crippen LogP contribution in [-0.4, -0.2) is 5.11 Å². The zero-order valence-corrected chi connectivity index (χ0v) is 7.50. The van der Waals surface area contributed by atoms with E-state index in [-0.39, 0.29) is 0 Å². The summed E-state index contributed by atoms with van der Waals surface area (Å²) >= 11 is 2.15. The van der Waals surface area contributed by atoms with Crippen LogP contribution in [0.5, 0.6) is 5.75 Å². The average molecular weight is 246 g/mol. The van der Waals surface area contributed by atoms with Crippen LogP contribution in [0.4, 0.5) is 0 Å². The van der Waals surface area contributed by atoms with Gasteiger partial charge in [0.15, 0.2) is 0 Å². The molecule has 0 bridgehead atoms. The molecule has 1 nitrogen and oxygen atoms in total. The lowest BCUT2D eigenvalue weighted by atomic mass is 10.2. The van der Waals surface area contributed by atoms with Gasteiger partial charge in [0.25, 0.3) is 0 Å². The molecule has 0 aliphatic rings. The lowest BCUT2D eigenvalue weighted by Gasteiger charge is -1.95. The molecule has 0 radical (unpaired) electrons. The molecule has 1 aromatic rings. The van der Waals surface area contributed by atoms with E-state index in [0.717, 1.165) is 9.13 Å². The van der Waals surface area contributed by atoms with E-state index in [0.29, 0.717) is 5.75 Å². The first-order chi connectivity index (χ1) is 4.72. The topological polar surface area (TPSA) is 20.2 Å². The summed E-state index contributed by atoms with van der Waals surface area (Å²) in [4.78, 5) is 0. The molecular weight excluding hydrogens is 239 g/mol. The summed E-state index contributed by atoms with van der Waals surface area (Å²) in [6.07, 6.45) is 1.71. The number of phenols is 1. The van der Waals surface area contributed by atoms with Gasteiger partial charge in [-0.15, -0.1) is 0 Å². The van der Waals surface area contributed by atoms with E-state index >= 15 is 0 Å². The Morgan fingerprint density at radius 1 is 1.40 bits per heavy atom. The second-order valence-corrected chi connectivity index (χ2v) is 3.19. The van der Waals surface area contributed by atoms with Crippen LogP contribution in [0.3, 0.4) is 0 Å². The number of halogens is 1. The summed E-state index contributed by atoms with van der Waals surface area (Å²) in [6.45, 7) is 3.60. The minimum Gasteiger partial charge on any atom is -0.508 e. The highest BCUT2D eigenvalue weighted by Crippen LogP contribution is 2.17. The van der Waals surface area contributed by atoms with Gasteiger partial charge in [-0.2, -0.15) is 0 Å². The van der Waals surface area contributed by atoms with Crippen LogP contribution in [-0.2, 0) is 0 Å². The highest BCUT2D eigenvalue weighted by Gasteiger charge is 1.92. The summed E-state index contributed by atoms with van der Waals surface area (Å²) in [7, 11) is 0. The highest BCUT2D eigenvalue weighted by atomic mass is 127. The molecule has 0 aromatic heterocycles. The summed E-state index contributed by atoms with van der Waals surface area (Å²) < 4.78 is 1.02. The molecule has 0 saturated heterocycles. The van der Waals surface area contributed by atoms with Gasteiger partial charge in [-0.05, 0) is 46.4 Å². The molecule has 0 spiro atoms. The molecule has 0 atom stereocenters. The van der Waals surface area contributed by atoms with Gasteiger partial charge in [0.05, 0.1) is 0 Å². The van der Waals surface area contributed by atoms with Crippen LogP contribution in [0.25, 0.3) is 6.08 Å². The maximum atomic E-state index is 9.07. The minimum atomic E-state index is 0.293. The van der Waals surface area contributed by atoms with Crippen LogP contribution in [0.2, 0.25) is 0 Å². The number of benzene rings is 1. The third-order valence-electron chi connectivity index (χ3n) is 1.14. The quantitative estimate of drug-likeness (QED) is 0.755. The fourth-order valence-corrected chi connectivity index (χ4v) is 1.39. The molecule has 0 aliphatic heterocycles. The Bertz CT molecular complexity index is 235. The van der Waals surface area contributed by atoms with Gasteiger partial charge >= 0.3 is 0 Å². The average Bonchev–Trinajstić information content (AvgIpc) is 1.85. The van der Waals surface area contributed by atoms with Crippen LogP contribution >= 0.6 is 22.6 Å². The maximum absolute atomic E-state index is 9.07. The predicted octanol–water partition coefficient (Wildman–Crippen LogP) is 2.64. The third-order valence-corrected chi connectivity index (χ3v) is 1.76. The normalized spacial score (nSPS) is 9.30. The number of rotatable bonds is 1. The van der Waals surface area contributed by atoms with Crippen LogP contribution in [0, 0.1) is 3.57 Å². The number of hydrogen-bond acceptors (Lipinski definition) is 1. The molecule has 0 heterocycles. The Labute approximate surface area is 73.5 Å². The molecule has 1 rings (SSSR count). The van der Waals surface area contributed by atoms with Crippen molar-refractivity contribution in [2.24, 2.45) is 0 Å². The van der Waals surface area contributed by atoms with Gasteiger partial charge in [0.1, 0.15) is 5.75 Å². The molecule has 2 heteroatoms. The predicted molar refractivity (Wildman–Crippen MR) is 50.9 cm³/mol. The first kappa shape index (κ1) is 7.60. The van der Waals surface area contributed by atoms with E-state index < -0.39 is 0 Å². The van der Waals surface area contributed by atoms with Crippen LogP contribution in [0.15, 0.2) is 24.8 Å². The Morgan fingerprint density at radius 3 is 2.60 bits per heavy atom. The van der Waals surface area contributed by atoms with Crippen molar-refractivity contribution in [3.63, 3.8) is 0 Å². The lowest BCUT2D eigenvalue weighted by molar-refractivity contribution is 0.475. The molecule has 0 unspecified atom stereocenters. The molecule has 10 heavy (non-hydrogen) atoms. The standard InChI is InChI=1S/C8H7IO/c1-2-6-3-7(9)5-8(10)4-6/h2-5,10H,1H2. The van der Waals surface area contributed by atoms with E-state index in [1.165, 1.54) is 0 Å². The second-order valence-electron chi connectivity index (χ2n) is 1.95. The smallest absolute Gasteiger partial charge is 0.117 e. The van der Waals surface area contributed by atoms with Gasteiger partial charge in [-0.3, -0.25) is 0 Å². The van der Waals surface area contributed by atoms with Crippen molar-refractivity contribution in [3.05, 3.63) is 33.9 Å². The first-order valence-corrected chi connectivity index (χ1v) is 3.92. The van der Waals surface area contributed by atoms with Crippen molar-refractivity contribution in [3.8, 4) is 5.75 Å². The molecule has 1 N–H and O–H groups in total. The summed E-state index contributed by atoms with van der Waals surface area (Å²) in [5.74, 6) is 0.293. The monoisotopic (exact) mass is 246 g/mol. The SMILES string of the molecule is C=Cc1cc(O)cc(I)c1. The van der Waals surface area contributed by atoms with Crippen molar-refractivity contribution in [2.75, 3.05) is 0 Å². The van der Waals surface area contributed by atoms with Crippen molar-refractivity contribution < 1.29 is 5.11 Å². The van der Waals surface area contributed by atoms with Gasteiger partial charge in [-0.25, -0.2) is 0 Å².